The summed E-state index contributed by atoms with van der Waals surface area (Å²) in [5.41, 5.74) is 1.38. The van der Waals surface area contributed by atoms with Gasteiger partial charge in [-0.2, -0.15) is 0 Å². The highest BCUT2D eigenvalue weighted by molar-refractivity contribution is 7.89. The summed E-state index contributed by atoms with van der Waals surface area (Å²) in [4.78, 5) is 17.2. The van der Waals surface area contributed by atoms with Crippen molar-refractivity contribution in [3.05, 3.63) is 24.0 Å². The van der Waals surface area contributed by atoms with E-state index in [2.05, 4.69) is 11.9 Å². The number of hydrogen-bond acceptors (Lipinski definition) is 5. The van der Waals surface area contributed by atoms with Gasteiger partial charge in [0.2, 0.25) is 10.0 Å². The van der Waals surface area contributed by atoms with Crippen LogP contribution >= 0.6 is 0 Å². The van der Waals surface area contributed by atoms with E-state index in [1.54, 1.807) is 6.07 Å². The van der Waals surface area contributed by atoms with E-state index in [1.165, 1.54) is 18.6 Å². The molecule has 4 rings (SSSR count). The number of esters is 1. The standard InChI is InChI=1S/C20H27N3O4S/c1-2-3-8-23-18-7-6-15(28(21,25)26)11-17(18)22-19(23)12-27-20(24)16-10-13-4-5-14(16)9-13/h6-7,11,13-14,16H,2-5,8-10,12H2,1H3,(H2,21,25,26). The number of rotatable bonds is 7. The van der Waals surface area contributed by atoms with Crippen molar-refractivity contribution in [3.8, 4) is 0 Å². The molecule has 152 valence electrons. The van der Waals surface area contributed by atoms with Gasteiger partial charge in [0.15, 0.2) is 0 Å². The number of aromatic nitrogens is 2. The Morgan fingerprint density at radius 1 is 1.32 bits per heavy atom. The third-order valence-corrected chi connectivity index (χ3v) is 7.16. The largest absolute Gasteiger partial charge is 0.457 e. The summed E-state index contributed by atoms with van der Waals surface area (Å²) in [7, 11) is -3.79. The van der Waals surface area contributed by atoms with Crippen LogP contribution in [0.25, 0.3) is 11.0 Å². The number of fused-ring (bicyclic) bond motifs is 3. The van der Waals surface area contributed by atoms with Crippen LogP contribution in [0.1, 0.15) is 51.3 Å². The summed E-state index contributed by atoms with van der Waals surface area (Å²) >= 11 is 0. The van der Waals surface area contributed by atoms with Crippen LogP contribution in [-0.2, 0) is 32.7 Å². The Morgan fingerprint density at radius 3 is 2.79 bits per heavy atom. The highest BCUT2D eigenvalue weighted by Crippen LogP contribution is 2.48. The average molecular weight is 406 g/mol. The Kier molecular flexibility index (Phi) is 5.18. The predicted molar refractivity (Wildman–Crippen MR) is 105 cm³/mol. The number of unbranched alkanes of at least 4 members (excludes halogenated alkanes) is 1. The van der Waals surface area contributed by atoms with E-state index in [1.807, 2.05) is 4.57 Å². The SMILES string of the molecule is CCCCn1c(COC(=O)C2CC3CCC2C3)nc2cc(S(N)(=O)=O)ccc21. The lowest BCUT2D eigenvalue weighted by atomic mass is 9.89. The first-order chi connectivity index (χ1) is 13.4. The zero-order valence-corrected chi connectivity index (χ0v) is 17.0. The number of ether oxygens (including phenoxy) is 1. The van der Waals surface area contributed by atoms with Gasteiger partial charge < -0.3 is 9.30 Å². The first kappa shape index (κ1) is 19.4. The summed E-state index contributed by atoms with van der Waals surface area (Å²) in [6, 6.07) is 4.69. The number of primary sulfonamides is 1. The molecule has 1 aromatic carbocycles. The van der Waals surface area contributed by atoms with Gasteiger partial charge in [-0.25, -0.2) is 18.5 Å². The maximum Gasteiger partial charge on any atom is 0.309 e. The van der Waals surface area contributed by atoms with E-state index < -0.39 is 10.0 Å². The molecule has 2 bridgehead atoms. The minimum atomic E-state index is -3.79. The third kappa shape index (κ3) is 3.67. The second kappa shape index (κ2) is 7.48. The monoisotopic (exact) mass is 405 g/mol. The number of nitrogens with zero attached hydrogens (tertiary/aromatic N) is 2. The van der Waals surface area contributed by atoms with Crippen LogP contribution in [0.4, 0.5) is 0 Å². The van der Waals surface area contributed by atoms with Crippen molar-refractivity contribution in [2.75, 3.05) is 0 Å². The van der Waals surface area contributed by atoms with Gasteiger partial charge in [-0.15, -0.1) is 0 Å². The number of sulfonamides is 1. The summed E-state index contributed by atoms with van der Waals surface area (Å²) in [6.45, 7) is 2.95. The van der Waals surface area contributed by atoms with Crippen molar-refractivity contribution in [1.82, 2.24) is 9.55 Å². The smallest absolute Gasteiger partial charge is 0.309 e. The van der Waals surface area contributed by atoms with E-state index in [4.69, 9.17) is 9.88 Å². The lowest BCUT2D eigenvalue weighted by Gasteiger charge is -2.20. The van der Waals surface area contributed by atoms with Crippen LogP contribution in [0.5, 0.6) is 0 Å². The summed E-state index contributed by atoms with van der Waals surface area (Å²) < 4.78 is 30.9. The predicted octanol–water partition coefficient (Wildman–Crippen LogP) is 2.96. The average Bonchev–Trinajstić information content (AvgIpc) is 3.37. The molecule has 7 nitrogen and oxygen atoms in total. The van der Waals surface area contributed by atoms with Gasteiger partial charge in [-0.1, -0.05) is 19.8 Å². The fraction of sp³-hybridized carbons (Fsp3) is 0.600. The van der Waals surface area contributed by atoms with Crippen molar-refractivity contribution < 1.29 is 17.9 Å². The summed E-state index contributed by atoms with van der Waals surface area (Å²) in [5, 5.41) is 5.24. The van der Waals surface area contributed by atoms with Crippen molar-refractivity contribution in [3.63, 3.8) is 0 Å². The molecule has 2 fully saturated rings. The van der Waals surface area contributed by atoms with Crippen LogP contribution in [-0.4, -0.2) is 23.9 Å². The lowest BCUT2D eigenvalue weighted by Crippen LogP contribution is -2.23. The van der Waals surface area contributed by atoms with E-state index in [0.29, 0.717) is 23.2 Å². The Balaban J connectivity index is 1.56. The quantitative estimate of drug-likeness (QED) is 0.713. The molecule has 8 heteroatoms. The van der Waals surface area contributed by atoms with E-state index in [0.717, 1.165) is 44.2 Å². The first-order valence-electron chi connectivity index (χ1n) is 10.1. The summed E-state index contributed by atoms with van der Waals surface area (Å²) in [6.07, 6.45) is 6.46. The van der Waals surface area contributed by atoms with Crippen LogP contribution < -0.4 is 5.14 Å². The van der Waals surface area contributed by atoms with Gasteiger partial charge >= 0.3 is 5.97 Å². The number of nitrogens with two attached hydrogens (primary N) is 1. The van der Waals surface area contributed by atoms with Crippen LogP contribution in [0.2, 0.25) is 0 Å². The van der Waals surface area contributed by atoms with Gasteiger partial charge in [-0.3, -0.25) is 4.79 Å². The molecule has 28 heavy (non-hydrogen) atoms. The molecule has 2 aliphatic carbocycles. The summed E-state index contributed by atoms with van der Waals surface area (Å²) in [5.74, 6) is 1.72. The Labute approximate surface area is 165 Å². The van der Waals surface area contributed by atoms with Gasteiger partial charge in [0, 0.05) is 6.54 Å². The maximum atomic E-state index is 12.6. The number of carbonyl (C=O) groups excluding carboxylic acids is 1. The van der Waals surface area contributed by atoms with Crippen molar-refractivity contribution >= 4 is 27.0 Å². The molecule has 3 unspecified atom stereocenters. The minimum absolute atomic E-state index is 0.0289. The lowest BCUT2D eigenvalue weighted by molar-refractivity contribution is -0.152. The van der Waals surface area contributed by atoms with Crippen molar-refractivity contribution in [2.45, 2.75) is 63.5 Å². The van der Waals surface area contributed by atoms with Crippen molar-refractivity contribution in [2.24, 2.45) is 22.9 Å². The molecule has 0 amide bonds. The third-order valence-electron chi connectivity index (χ3n) is 6.25. The van der Waals surface area contributed by atoms with Gasteiger partial charge in [0.05, 0.1) is 21.8 Å². The topological polar surface area (TPSA) is 104 Å². The van der Waals surface area contributed by atoms with Crippen molar-refractivity contribution in [1.29, 1.82) is 0 Å². The number of hydrogen-bond donors (Lipinski definition) is 1. The fourth-order valence-corrected chi connectivity index (χ4v) is 5.32. The molecule has 3 atom stereocenters. The molecule has 0 aliphatic heterocycles. The van der Waals surface area contributed by atoms with E-state index >= 15 is 0 Å². The molecule has 2 aliphatic rings. The molecule has 2 aromatic rings. The van der Waals surface area contributed by atoms with E-state index in [-0.39, 0.29) is 23.4 Å². The maximum absolute atomic E-state index is 12.6. The minimum Gasteiger partial charge on any atom is -0.457 e. The van der Waals surface area contributed by atoms with Crippen LogP contribution in [0, 0.1) is 17.8 Å². The molecule has 2 saturated carbocycles. The molecule has 1 aromatic heterocycles. The highest BCUT2D eigenvalue weighted by atomic mass is 32.2. The van der Waals surface area contributed by atoms with Gasteiger partial charge in [0.1, 0.15) is 12.4 Å². The Hall–Kier alpha value is -1.93. The van der Waals surface area contributed by atoms with Crippen LogP contribution in [0.3, 0.4) is 0 Å². The number of imidazole rings is 1. The Bertz CT molecular complexity index is 998. The van der Waals surface area contributed by atoms with E-state index in [9.17, 15) is 13.2 Å². The molecule has 0 radical (unpaired) electrons. The second-order valence-electron chi connectivity index (χ2n) is 8.12. The second-order valence-corrected chi connectivity index (χ2v) is 9.68. The zero-order chi connectivity index (χ0) is 19.9. The highest BCUT2D eigenvalue weighted by Gasteiger charge is 2.44. The molecular weight excluding hydrogens is 378 g/mol. The first-order valence-corrected chi connectivity index (χ1v) is 11.6. The number of aryl methyl sites for hydroxylation is 1. The Morgan fingerprint density at radius 2 is 2.14 bits per heavy atom. The number of carbonyl (C=O) groups is 1. The number of benzene rings is 1. The normalized spacial score (nSPS) is 24.1. The molecule has 1 heterocycles. The molecular formula is C20H27N3O4S. The van der Waals surface area contributed by atoms with Crippen LogP contribution in [0.15, 0.2) is 23.1 Å². The zero-order valence-electron chi connectivity index (χ0n) is 16.1. The van der Waals surface area contributed by atoms with Gasteiger partial charge in [0.25, 0.3) is 0 Å². The molecule has 0 saturated heterocycles. The molecule has 0 spiro atoms. The molecule has 2 N–H and O–H groups in total. The fourth-order valence-electron chi connectivity index (χ4n) is 4.79. The van der Waals surface area contributed by atoms with Gasteiger partial charge in [-0.05, 0) is 55.7 Å².